The Morgan fingerprint density at radius 2 is 2.04 bits per heavy atom. The third kappa shape index (κ3) is 3.79. The van der Waals surface area contributed by atoms with Crippen LogP contribution in [0.3, 0.4) is 0 Å². The van der Waals surface area contributed by atoms with Crippen LogP contribution in [0.5, 0.6) is 0 Å². The molecule has 0 aliphatic carbocycles. The van der Waals surface area contributed by atoms with E-state index in [2.05, 4.69) is 62.3 Å². The molecule has 25 heavy (non-hydrogen) atoms. The Balaban J connectivity index is 1.81. The van der Waals surface area contributed by atoms with E-state index in [1.165, 1.54) is 5.70 Å². The highest BCUT2D eigenvalue weighted by molar-refractivity contribution is 5.56. The van der Waals surface area contributed by atoms with E-state index in [1.807, 2.05) is 32.2 Å². The first-order chi connectivity index (χ1) is 12.1. The Labute approximate surface area is 148 Å². The third-order valence-electron chi connectivity index (χ3n) is 4.11. The first-order valence-corrected chi connectivity index (χ1v) is 8.41. The molecule has 6 nitrogen and oxygen atoms in total. The largest absolute Gasteiger partial charge is 0.349 e. The molecule has 2 aromatic rings. The molecule has 2 aromatic heterocycles. The number of rotatable bonds is 4. The standard InChI is InChI=1S/C19H24N6/c1-5-7-17(6-2)25-12-15-10-21-19(23-18(15)24(4)13-25)22-16-9-8-14(3)20-11-16/h5-11H,12-13H2,1-4H3,(H,21,22,23)/b7-5-,17-6+. The van der Waals surface area contributed by atoms with E-state index in [9.17, 15) is 0 Å². The lowest BCUT2D eigenvalue weighted by Gasteiger charge is -2.37. The summed E-state index contributed by atoms with van der Waals surface area (Å²) in [6.45, 7) is 7.65. The van der Waals surface area contributed by atoms with Crippen molar-refractivity contribution in [3.05, 3.63) is 59.7 Å². The van der Waals surface area contributed by atoms with Crippen LogP contribution in [0.15, 0.2) is 48.5 Å². The minimum absolute atomic E-state index is 0.587. The molecule has 0 saturated carbocycles. The summed E-state index contributed by atoms with van der Waals surface area (Å²) in [5, 5.41) is 3.22. The fourth-order valence-corrected chi connectivity index (χ4v) is 2.88. The van der Waals surface area contributed by atoms with E-state index < -0.39 is 0 Å². The van der Waals surface area contributed by atoms with Crippen LogP contribution in [-0.4, -0.2) is 33.6 Å². The van der Waals surface area contributed by atoms with E-state index in [1.54, 1.807) is 6.20 Å². The van der Waals surface area contributed by atoms with Gasteiger partial charge in [0.1, 0.15) is 5.82 Å². The van der Waals surface area contributed by atoms with Gasteiger partial charge in [-0.1, -0.05) is 12.2 Å². The number of anilines is 3. The quantitative estimate of drug-likeness (QED) is 0.861. The first-order valence-electron chi connectivity index (χ1n) is 8.41. The molecule has 0 radical (unpaired) electrons. The molecular weight excluding hydrogens is 312 g/mol. The maximum absolute atomic E-state index is 4.69. The predicted octanol–water partition coefficient (Wildman–Crippen LogP) is 3.61. The normalized spacial score (nSPS) is 14.8. The molecular formula is C19H24N6. The van der Waals surface area contributed by atoms with Crippen molar-refractivity contribution in [2.24, 2.45) is 0 Å². The van der Waals surface area contributed by atoms with E-state index in [0.717, 1.165) is 36.0 Å². The molecule has 0 fully saturated rings. The summed E-state index contributed by atoms with van der Waals surface area (Å²) in [6, 6.07) is 3.94. The summed E-state index contributed by atoms with van der Waals surface area (Å²) in [4.78, 5) is 17.9. The molecule has 1 N–H and O–H groups in total. The van der Waals surface area contributed by atoms with Gasteiger partial charge in [-0.15, -0.1) is 0 Å². The van der Waals surface area contributed by atoms with Gasteiger partial charge in [-0.2, -0.15) is 4.98 Å². The molecule has 1 aliphatic heterocycles. The molecule has 1 aliphatic rings. The number of aryl methyl sites for hydroxylation is 1. The number of nitrogens with one attached hydrogen (secondary N) is 1. The smallest absolute Gasteiger partial charge is 0.229 e. The van der Waals surface area contributed by atoms with Gasteiger partial charge in [-0.05, 0) is 39.0 Å². The summed E-state index contributed by atoms with van der Waals surface area (Å²) in [5.74, 6) is 1.55. The summed E-state index contributed by atoms with van der Waals surface area (Å²) in [7, 11) is 2.05. The molecule has 6 heteroatoms. The average Bonchev–Trinajstić information content (AvgIpc) is 2.62. The second-order valence-corrected chi connectivity index (χ2v) is 6.11. The lowest BCUT2D eigenvalue weighted by Crippen LogP contribution is -2.40. The Morgan fingerprint density at radius 3 is 2.72 bits per heavy atom. The zero-order valence-electron chi connectivity index (χ0n) is 15.2. The van der Waals surface area contributed by atoms with Crippen molar-refractivity contribution in [2.75, 3.05) is 23.9 Å². The van der Waals surface area contributed by atoms with E-state index >= 15 is 0 Å². The molecule has 0 unspecified atom stereocenters. The van der Waals surface area contributed by atoms with E-state index in [4.69, 9.17) is 0 Å². The number of hydrogen-bond donors (Lipinski definition) is 1. The van der Waals surface area contributed by atoms with Gasteiger partial charge in [0.25, 0.3) is 0 Å². The Morgan fingerprint density at radius 1 is 1.20 bits per heavy atom. The second kappa shape index (κ2) is 7.34. The SMILES string of the molecule is C/C=C\C(=C/C)N1Cc2cnc(Nc3ccc(C)nc3)nc2N(C)C1. The topological polar surface area (TPSA) is 57.2 Å². The third-order valence-corrected chi connectivity index (χ3v) is 4.11. The maximum Gasteiger partial charge on any atom is 0.229 e. The fraction of sp³-hybridized carbons (Fsp3) is 0.316. The summed E-state index contributed by atoms with van der Waals surface area (Å²) in [5.41, 5.74) is 4.19. The minimum atomic E-state index is 0.587. The van der Waals surface area contributed by atoms with Gasteiger partial charge >= 0.3 is 0 Å². The zero-order valence-corrected chi connectivity index (χ0v) is 15.2. The second-order valence-electron chi connectivity index (χ2n) is 6.11. The van der Waals surface area contributed by atoms with Crippen molar-refractivity contribution in [3.63, 3.8) is 0 Å². The van der Waals surface area contributed by atoms with Gasteiger partial charge in [-0.3, -0.25) is 4.98 Å². The van der Waals surface area contributed by atoms with Gasteiger partial charge in [-0.25, -0.2) is 4.98 Å². The molecule has 3 rings (SSSR count). The highest BCUT2D eigenvalue weighted by Gasteiger charge is 2.22. The summed E-state index contributed by atoms with van der Waals surface area (Å²) >= 11 is 0. The van der Waals surface area contributed by atoms with Crippen molar-refractivity contribution < 1.29 is 0 Å². The molecule has 0 amide bonds. The van der Waals surface area contributed by atoms with Crippen molar-refractivity contribution in [2.45, 2.75) is 27.3 Å². The zero-order chi connectivity index (χ0) is 17.8. The van der Waals surface area contributed by atoms with Crippen LogP contribution in [-0.2, 0) is 6.54 Å². The van der Waals surface area contributed by atoms with E-state index in [0.29, 0.717) is 5.95 Å². The monoisotopic (exact) mass is 336 g/mol. The highest BCUT2D eigenvalue weighted by atomic mass is 15.4. The number of fused-ring (bicyclic) bond motifs is 1. The Bertz CT molecular complexity index is 794. The maximum atomic E-state index is 4.69. The van der Waals surface area contributed by atoms with Crippen LogP contribution < -0.4 is 10.2 Å². The lowest BCUT2D eigenvalue weighted by molar-refractivity contribution is 0.332. The van der Waals surface area contributed by atoms with Gasteiger partial charge in [0.05, 0.1) is 18.6 Å². The van der Waals surface area contributed by atoms with Crippen LogP contribution in [0.4, 0.5) is 17.5 Å². The highest BCUT2D eigenvalue weighted by Crippen LogP contribution is 2.27. The van der Waals surface area contributed by atoms with Gasteiger partial charge in [0.2, 0.25) is 5.95 Å². The van der Waals surface area contributed by atoms with Gasteiger partial charge in [0.15, 0.2) is 0 Å². The first kappa shape index (κ1) is 17.0. The van der Waals surface area contributed by atoms with Crippen molar-refractivity contribution >= 4 is 17.5 Å². The van der Waals surface area contributed by atoms with Crippen LogP contribution in [0, 0.1) is 6.92 Å². The van der Waals surface area contributed by atoms with Crippen LogP contribution in [0.2, 0.25) is 0 Å². The molecule has 0 bridgehead atoms. The molecule has 0 atom stereocenters. The molecule has 130 valence electrons. The minimum Gasteiger partial charge on any atom is -0.349 e. The predicted molar refractivity (Wildman–Crippen MR) is 102 cm³/mol. The molecule has 3 heterocycles. The lowest BCUT2D eigenvalue weighted by atomic mass is 10.2. The average molecular weight is 336 g/mol. The van der Waals surface area contributed by atoms with Gasteiger partial charge in [0, 0.05) is 36.7 Å². The summed E-state index contributed by atoms with van der Waals surface area (Å²) in [6.07, 6.45) is 10.0. The molecule has 0 saturated heterocycles. The fourth-order valence-electron chi connectivity index (χ4n) is 2.88. The number of hydrogen-bond acceptors (Lipinski definition) is 6. The van der Waals surface area contributed by atoms with Crippen LogP contribution in [0.25, 0.3) is 0 Å². The Hall–Kier alpha value is -2.89. The van der Waals surface area contributed by atoms with Crippen molar-refractivity contribution in [1.29, 1.82) is 0 Å². The van der Waals surface area contributed by atoms with Crippen molar-refractivity contribution in [3.8, 4) is 0 Å². The number of nitrogens with zero attached hydrogens (tertiary/aromatic N) is 5. The number of allylic oxidation sites excluding steroid dienone is 3. The number of aromatic nitrogens is 3. The molecule has 0 aromatic carbocycles. The van der Waals surface area contributed by atoms with Crippen LogP contribution >= 0.6 is 0 Å². The summed E-state index contributed by atoms with van der Waals surface area (Å²) < 4.78 is 0. The molecule has 0 spiro atoms. The number of pyridine rings is 1. The van der Waals surface area contributed by atoms with Crippen molar-refractivity contribution in [1.82, 2.24) is 19.9 Å². The van der Waals surface area contributed by atoms with Gasteiger partial charge < -0.3 is 15.1 Å². The van der Waals surface area contributed by atoms with E-state index in [-0.39, 0.29) is 0 Å². The Kier molecular flexibility index (Phi) is 4.97. The van der Waals surface area contributed by atoms with Crippen LogP contribution in [0.1, 0.15) is 25.1 Å².